The van der Waals surface area contributed by atoms with E-state index in [1.165, 1.54) is 17.5 Å². The minimum absolute atomic E-state index is 0. The summed E-state index contributed by atoms with van der Waals surface area (Å²) in [5.74, 6) is 1.33. The highest BCUT2D eigenvalue weighted by atomic mass is 127. The summed E-state index contributed by atoms with van der Waals surface area (Å²) >= 11 is 0. The second-order valence-corrected chi connectivity index (χ2v) is 8.07. The van der Waals surface area contributed by atoms with E-state index >= 15 is 0 Å². The fraction of sp³-hybridized carbons (Fsp3) is 0.667. The van der Waals surface area contributed by atoms with E-state index in [-0.39, 0.29) is 35.5 Å². The van der Waals surface area contributed by atoms with Crippen molar-refractivity contribution in [2.75, 3.05) is 27.3 Å². The summed E-state index contributed by atoms with van der Waals surface area (Å²) in [6.07, 6.45) is 2.61. The van der Waals surface area contributed by atoms with Crippen molar-refractivity contribution in [1.82, 2.24) is 10.6 Å². The predicted octanol–water partition coefficient (Wildman–Crippen LogP) is 3.96. The van der Waals surface area contributed by atoms with Gasteiger partial charge in [-0.25, -0.2) is 0 Å². The van der Waals surface area contributed by atoms with Crippen LogP contribution in [0.2, 0.25) is 0 Å². The minimum Gasteiger partial charge on any atom is -0.380 e. The van der Waals surface area contributed by atoms with E-state index in [1.807, 2.05) is 13.1 Å². The van der Waals surface area contributed by atoms with Crippen molar-refractivity contribution in [1.29, 1.82) is 0 Å². The molecule has 27 heavy (non-hydrogen) atoms. The number of nitrogens with one attached hydrogen (secondary N) is 2. The Kier molecular flexibility index (Phi) is 10.6. The average molecular weight is 489 g/mol. The number of methoxy groups -OCH3 is 1. The molecule has 154 valence electrons. The highest BCUT2D eigenvalue weighted by molar-refractivity contribution is 14.0. The largest absolute Gasteiger partial charge is 0.380 e. The third kappa shape index (κ3) is 7.58. The molecule has 1 fully saturated rings. The van der Waals surface area contributed by atoms with Crippen LogP contribution >= 0.6 is 24.0 Å². The van der Waals surface area contributed by atoms with Gasteiger partial charge in [0.15, 0.2) is 5.96 Å². The van der Waals surface area contributed by atoms with Crippen molar-refractivity contribution in [2.24, 2.45) is 16.3 Å². The topological polar surface area (TPSA) is 54.9 Å². The van der Waals surface area contributed by atoms with E-state index in [0.29, 0.717) is 12.5 Å². The van der Waals surface area contributed by atoms with E-state index in [0.717, 1.165) is 32.1 Å². The fourth-order valence-corrected chi connectivity index (χ4v) is 3.66. The summed E-state index contributed by atoms with van der Waals surface area (Å²) in [4.78, 5) is 4.37. The molecule has 0 aromatic heterocycles. The van der Waals surface area contributed by atoms with Gasteiger partial charge in [-0.2, -0.15) is 0 Å². The van der Waals surface area contributed by atoms with Crippen molar-refractivity contribution in [3.05, 3.63) is 35.4 Å². The summed E-state index contributed by atoms with van der Waals surface area (Å²) < 4.78 is 11.4. The number of hydrogen-bond acceptors (Lipinski definition) is 3. The van der Waals surface area contributed by atoms with Gasteiger partial charge in [-0.3, -0.25) is 4.99 Å². The zero-order chi connectivity index (χ0) is 19.0. The van der Waals surface area contributed by atoms with E-state index in [2.05, 4.69) is 54.6 Å². The van der Waals surface area contributed by atoms with Gasteiger partial charge in [-0.05, 0) is 29.4 Å². The molecule has 1 aliphatic heterocycles. The molecule has 2 N–H and O–H groups in total. The van der Waals surface area contributed by atoms with Crippen LogP contribution in [0.15, 0.2) is 29.3 Å². The van der Waals surface area contributed by atoms with Gasteiger partial charge in [0.25, 0.3) is 0 Å². The van der Waals surface area contributed by atoms with Crippen LogP contribution in [0.4, 0.5) is 0 Å². The molecule has 1 aromatic rings. The minimum atomic E-state index is 0. The Morgan fingerprint density at radius 3 is 2.56 bits per heavy atom. The number of nitrogens with zero attached hydrogens (tertiary/aromatic N) is 1. The Balaban J connectivity index is 0.00000364. The molecule has 0 amide bonds. The van der Waals surface area contributed by atoms with E-state index in [4.69, 9.17) is 9.47 Å². The molecule has 2 unspecified atom stereocenters. The highest BCUT2D eigenvalue weighted by Gasteiger charge is 2.35. The maximum atomic E-state index is 6.08. The molecular weight excluding hydrogens is 453 g/mol. The summed E-state index contributed by atoms with van der Waals surface area (Å²) in [6.45, 7) is 9.88. The molecule has 5 nitrogen and oxygen atoms in total. The van der Waals surface area contributed by atoms with Gasteiger partial charge in [-0.1, -0.05) is 45.0 Å². The molecule has 0 spiro atoms. The van der Waals surface area contributed by atoms with Crippen LogP contribution in [0.3, 0.4) is 0 Å². The molecule has 2 rings (SSSR count). The smallest absolute Gasteiger partial charge is 0.191 e. The first-order chi connectivity index (χ1) is 12.5. The van der Waals surface area contributed by atoms with E-state index < -0.39 is 0 Å². The molecule has 6 heteroatoms. The number of benzene rings is 1. The Morgan fingerprint density at radius 2 is 1.93 bits per heavy atom. The van der Waals surface area contributed by atoms with Gasteiger partial charge in [0, 0.05) is 39.8 Å². The van der Waals surface area contributed by atoms with Crippen LogP contribution in [-0.4, -0.2) is 39.4 Å². The molecule has 0 bridgehead atoms. The third-order valence-electron chi connectivity index (χ3n) is 4.92. The van der Waals surface area contributed by atoms with Gasteiger partial charge >= 0.3 is 0 Å². The first kappa shape index (κ1) is 24.2. The number of guanidine groups is 1. The molecule has 0 radical (unpaired) electrons. The predicted molar refractivity (Wildman–Crippen MR) is 123 cm³/mol. The second-order valence-electron chi connectivity index (χ2n) is 8.07. The molecule has 0 aliphatic carbocycles. The summed E-state index contributed by atoms with van der Waals surface area (Å²) in [5.41, 5.74) is 2.58. The van der Waals surface area contributed by atoms with Gasteiger partial charge < -0.3 is 20.1 Å². The first-order valence-electron chi connectivity index (χ1n) is 9.57. The summed E-state index contributed by atoms with van der Waals surface area (Å²) in [6, 6.07) is 8.32. The fourth-order valence-electron chi connectivity index (χ4n) is 3.66. The maximum Gasteiger partial charge on any atom is 0.191 e. The molecule has 1 aromatic carbocycles. The number of aliphatic imine (C=N–C) groups is 1. The van der Waals surface area contributed by atoms with Crippen molar-refractivity contribution >= 4 is 29.9 Å². The van der Waals surface area contributed by atoms with Gasteiger partial charge in [0.05, 0.1) is 12.7 Å². The van der Waals surface area contributed by atoms with Crippen LogP contribution < -0.4 is 10.6 Å². The third-order valence-corrected chi connectivity index (χ3v) is 4.92. The monoisotopic (exact) mass is 489 g/mol. The van der Waals surface area contributed by atoms with Crippen LogP contribution in [-0.2, 0) is 22.6 Å². The lowest BCUT2D eigenvalue weighted by atomic mass is 9.78. The Hall–Kier alpha value is -0.860. The quantitative estimate of drug-likeness (QED) is 0.361. The molecule has 0 saturated carbocycles. The highest BCUT2D eigenvalue weighted by Crippen LogP contribution is 2.33. The molecule has 1 saturated heterocycles. The maximum absolute atomic E-state index is 6.08. The lowest BCUT2D eigenvalue weighted by Crippen LogP contribution is -2.47. The van der Waals surface area contributed by atoms with Crippen LogP contribution in [0, 0.1) is 11.3 Å². The zero-order valence-corrected chi connectivity index (χ0v) is 19.7. The number of halogens is 1. The van der Waals surface area contributed by atoms with E-state index in [9.17, 15) is 0 Å². The average Bonchev–Trinajstić information content (AvgIpc) is 2.63. The first-order valence-corrected chi connectivity index (χ1v) is 9.57. The van der Waals surface area contributed by atoms with Crippen LogP contribution in [0.5, 0.6) is 0 Å². The number of ether oxygens (including phenoxy) is 2. The van der Waals surface area contributed by atoms with Crippen LogP contribution in [0.1, 0.15) is 44.7 Å². The number of hydrogen-bond donors (Lipinski definition) is 2. The Morgan fingerprint density at radius 1 is 1.22 bits per heavy atom. The molecule has 1 aliphatic rings. The lowest BCUT2D eigenvalue weighted by Gasteiger charge is -2.40. The molecule has 1 heterocycles. The number of rotatable bonds is 6. The lowest BCUT2D eigenvalue weighted by molar-refractivity contribution is -0.0835. The normalized spacial score (nSPS) is 20.7. The zero-order valence-electron chi connectivity index (χ0n) is 17.4. The summed E-state index contributed by atoms with van der Waals surface area (Å²) in [7, 11) is 3.54. The SMILES string of the molecule is CN=C(NCc1ccccc1COC)NCC1CCCOC1C(C)(C)C.I. The standard InChI is InChI=1S/C21H35N3O2.HI/c1-21(2,3)19-17(11-8-12-26-19)14-24-20(22-4)23-13-16-9-6-7-10-18(16)15-25-5;/h6-7,9-10,17,19H,8,11-15H2,1-5H3,(H2,22,23,24);1H. The Labute approximate surface area is 181 Å². The van der Waals surface area contributed by atoms with Crippen LogP contribution in [0.25, 0.3) is 0 Å². The van der Waals surface area contributed by atoms with Gasteiger partial charge in [0.2, 0.25) is 0 Å². The van der Waals surface area contributed by atoms with Crippen molar-refractivity contribution in [2.45, 2.75) is 52.9 Å². The summed E-state index contributed by atoms with van der Waals surface area (Å²) in [5, 5.41) is 6.91. The van der Waals surface area contributed by atoms with Gasteiger partial charge in [0.1, 0.15) is 0 Å². The molecular formula is C21H36IN3O2. The Bertz CT molecular complexity index is 587. The van der Waals surface area contributed by atoms with Crippen molar-refractivity contribution < 1.29 is 9.47 Å². The van der Waals surface area contributed by atoms with Crippen molar-refractivity contribution in [3.8, 4) is 0 Å². The van der Waals surface area contributed by atoms with Crippen molar-refractivity contribution in [3.63, 3.8) is 0 Å². The van der Waals surface area contributed by atoms with Gasteiger partial charge in [-0.15, -0.1) is 24.0 Å². The van der Waals surface area contributed by atoms with E-state index in [1.54, 1.807) is 7.11 Å². The molecule has 2 atom stereocenters. The second kappa shape index (κ2) is 11.9.